The Kier molecular flexibility index (Phi) is 2.42. The predicted molar refractivity (Wildman–Crippen MR) is 40.0 cm³/mol. The van der Waals surface area contributed by atoms with Crippen molar-refractivity contribution in [3.8, 4) is 0 Å². The van der Waals surface area contributed by atoms with E-state index in [1.54, 1.807) is 24.3 Å². The minimum atomic E-state index is -1.94. The van der Waals surface area contributed by atoms with E-state index >= 15 is 0 Å². The van der Waals surface area contributed by atoms with E-state index in [-0.39, 0.29) is 0 Å². The zero-order chi connectivity index (χ0) is 7.40. The molecular formula is C6H7NO2S. The molecule has 0 spiro atoms. The molecule has 54 valence electrons. The van der Waals surface area contributed by atoms with Gasteiger partial charge in [0.1, 0.15) is 0 Å². The van der Waals surface area contributed by atoms with Crippen molar-refractivity contribution in [2.75, 3.05) is 0 Å². The summed E-state index contributed by atoms with van der Waals surface area (Å²) in [6, 6.07) is 0. The fraction of sp³-hybridized carbons (Fsp3) is 0. The Hall–Kier alpha value is -0.870. The van der Waals surface area contributed by atoms with Gasteiger partial charge >= 0.3 is 0 Å². The largest absolute Gasteiger partial charge is 0.289 e. The van der Waals surface area contributed by atoms with Crippen molar-refractivity contribution in [3.63, 3.8) is 0 Å². The lowest BCUT2D eigenvalue weighted by atomic mass is 10.5. The number of allylic oxidation sites excluding steroid dienone is 4. The van der Waals surface area contributed by atoms with Crippen molar-refractivity contribution in [2.45, 2.75) is 0 Å². The summed E-state index contributed by atoms with van der Waals surface area (Å²) in [6.45, 7) is 0. The van der Waals surface area contributed by atoms with Crippen molar-refractivity contribution in [1.29, 1.82) is 0 Å². The Morgan fingerprint density at radius 2 is 1.60 bits per heavy atom. The van der Waals surface area contributed by atoms with Crippen LogP contribution in [-0.2, 0) is 11.3 Å². The molecule has 10 heavy (non-hydrogen) atoms. The van der Waals surface area contributed by atoms with Crippen LogP contribution in [0.2, 0.25) is 0 Å². The summed E-state index contributed by atoms with van der Waals surface area (Å²) in [6.07, 6.45) is 9.99. The maximum absolute atomic E-state index is 10.4. The zero-order valence-electron chi connectivity index (χ0n) is 5.18. The third kappa shape index (κ3) is 1.82. The predicted octanol–water partition coefficient (Wildman–Crippen LogP) is 1.02. The smallest absolute Gasteiger partial charge is 0.265 e. The summed E-state index contributed by atoms with van der Waals surface area (Å²) in [5.41, 5.74) is 0. The van der Waals surface area contributed by atoms with Crippen LogP contribution in [0.25, 0.3) is 0 Å². The summed E-state index contributed by atoms with van der Waals surface area (Å²) in [5, 5.41) is 0. The molecule has 3 nitrogen and oxygen atoms in total. The second kappa shape index (κ2) is 3.34. The lowest BCUT2D eigenvalue weighted by Gasteiger charge is -2.05. The first kappa shape index (κ1) is 7.24. The van der Waals surface area contributed by atoms with E-state index in [2.05, 4.69) is 0 Å². The van der Waals surface area contributed by atoms with Crippen molar-refractivity contribution >= 4 is 11.3 Å². The van der Waals surface area contributed by atoms with Gasteiger partial charge in [0.2, 0.25) is 0 Å². The van der Waals surface area contributed by atoms with E-state index in [9.17, 15) is 4.21 Å². The molecule has 1 atom stereocenters. The van der Waals surface area contributed by atoms with Crippen LogP contribution in [0.3, 0.4) is 0 Å². The lowest BCUT2D eigenvalue weighted by molar-refractivity contribution is 0.520. The van der Waals surface area contributed by atoms with Gasteiger partial charge in [-0.05, 0) is 12.2 Å². The Morgan fingerprint density at radius 3 is 2.00 bits per heavy atom. The SMILES string of the molecule is O=S(O)N1C=CC=CC=C1. The Labute approximate surface area is 61.8 Å². The standard InChI is InChI=1S/C6H7NO2S/c8-10(9)7-5-3-1-2-4-6-7/h1-6H,(H,8,9). The summed E-state index contributed by atoms with van der Waals surface area (Å²) in [4.78, 5) is 0. The average Bonchev–Trinajstić information content (AvgIpc) is 2.12. The van der Waals surface area contributed by atoms with E-state index in [0.29, 0.717) is 0 Å². The number of nitrogens with zero attached hydrogens (tertiary/aromatic N) is 1. The van der Waals surface area contributed by atoms with Crippen LogP contribution in [0.4, 0.5) is 0 Å². The van der Waals surface area contributed by atoms with Crippen LogP contribution >= 0.6 is 0 Å². The van der Waals surface area contributed by atoms with Crippen LogP contribution in [0.1, 0.15) is 0 Å². The zero-order valence-corrected chi connectivity index (χ0v) is 5.99. The molecule has 0 aromatic carbocycles. The van der Waals surface area contributed by atoms with Crippen LogP contribution in [0.15, 0.2) is 36.7 Å². The van der Waals surface area contributed by atoms with Crippen molar-refractivity contribution in [2.24, 2.45) is 0 Å². The van der Waals surface area contributed by atoms with Gasteiger partial charge < -0.3 is 0 Å². The molecule has 1 N–H and O–H groups in total. The van der Waals surface area contributed by atoms with Gasteiger partial charge in [0.05, 0.1) is 0 Å². The van der Waals surface area contributed by atoms with Crippen molar-refractivity contribution in [3.05, 3.63) is 36.7 Å². The van der Waals surface area contributed by atoms with E-state index < -0.39 is 11.3 Å². The molecule has 0 bridgehead atoms. The highest BCUT2D eigenvalue weighted by atomic mass is 32.2. The van der Waals surface area contributed by atoms with Gasteiger partial charge in [-0.3, -0.25) is 8.86 Å². The fourth-order valence-electron chi connectivity index (χ4n) is 0.551. The monoisotopic (exact) mass is 157 g/mol. The summed E-state index contributed by atoms with van der Waals surface area (Å²) in [7, 11) is 0. The highest BCUT2D eigenvalue weighted by molar-refractivity contribution is 7.76. The molecule has 0 aliphatic carbocycles. The maximum atomic E-state index is 10.4. The number of rotatable bonds is 1. The van der Waals surface area contributed by atoms with Gasteiger partial charge in [-0.2, -0.15) is 0 Å². The van der Waals surface area contributed by atoms with Crippen molar-refractivity contribution in [1.82, 2.24) is 4.31 Å². The summed E-state index contributed by atoms with van der Waals surface area (Å²) < 4.78 is 20.2. The maximum Gasteiger partial charge on any atom is 0.265 e. The van der Waals surface area contributed by atoms with E-state index in [0.717, 1.165) is 0 Å². The summed E-state index contributed by atoms with van der Waals surface area (Å²) >= 11 is -1.94. The number of hydrogen-bond donors (Lipinski definition) is 1. The quantitative estimate of drug-likeness (QED) is 0.577. The molecule has 0 fully saturated rings. The Balaban J connectivity index is 2.72. The summed E-state index contributed by atoms with van der Waals surface area (Å²) in [5.74, 6) is 0. The molecule has 1 aliphatic heterocycles. The average molecular weight is 157 g/mol. The molecule has 1 aliphatic rings. The van der Waals surface area contributed by atoms with E-state index in [1.165, 1.54) is 16.7 Å². The highest BCUT2D eigenvalue weighted by Crippen LogP contribution is 1.99. The molecule has 1 heterocycles. The number of hydrogen-bond acceptors (Lipinski definition) is 1. The van der Waals surface area contributed by atoms with Gasteiger partial charge in [0.25, 0.3) is 11.3 Å². The molecule has 0 saturated heterocycles. The molecule has 1 rings (SSSR count). The molecule has 1 unspecified atom stereocenters. The second-order valence-corrected chi connectivity index (χ2v) is 2.54. The van der Waals surface area contributed by atoms with Gasteiger partial charge in [0, 0.05) is 12.4 Å². The molecule has 0 radical (unpaired) electrons. The van der Waals surface area contributed by atoms with Gasteiger partial charge in [-0.15, -0.1) is 0 Å². The van der Waals surface area contributed by atoms with E-state index in [1.807, 2.05) is 0 Å². The van der Waals surface area contributed by atoms with E-state index in [4.69, 9.17) is 4.55 Å². The van der Waals surface area contributed by atoms with Gasteiger partial charge in [-0.25, -0.2) is 4.21 Å². The van der Waals surface area contributed by atoms with Gasteiger partial charge in [0.15, 0.2) is 0 Å². The molecule has 0 amide bonds. The van der Waals surface area contributed by atoms with Crippen LogP contribution < -0.4 is 0 Å². The Bertz CT molecular complexity index is 204. The molecular weight excluding hydrogens is 150 g/mol. The molecule has 0 aromatic rings. The highest BCUT2D eigenvalue weighted by Gasteiger charge is 1.98. The second-order valence-electron chi connectivity index (χ2n) is 1.66. The van der Waals surface area contributed by atoms with Crippen LogP contribution in [0, 0.1) is 0 Å². The molecule has 4 heteroatoms. The topological polar surface area (TPSA) is 40.5 Å². The third-order valence-corrected chi connectivity index (χ3v) is 1.58. The molecule has 0 saturated carbocycles. The minimum Gasteiger partial charge on any atom is -0.289 e. The molecule has 0 aromatic heterocycles. The third-order valence-electron chi connectivity index (χ3n) is 0.980. The lowest BCUT2D eigenvalue weighted by Crippen LogP contribution is -2.10. The minimum absolute atomic E-state index is 1.19. The van der Waals surface area contributed by atoms with Crippen molar-refractivity contribution < 1.29 is 8.76 Å². The van der Waals surface area contributed by atoms with Crippen LogP contribution in [-0.4, -0.2) is 13.1 Å². The Morgan fingerprint density at radius 1 is 1.10 bits per heavy atom. The normalized spacial score (nSPS) is 19.1. The fourth-order valence-corrected chi connectivity index (χ4v) is 0.900. The first-order chi connectivity index (χ1) is 4.80. The first-order valence-corrected chi connectivity index (χ1v) is 3.78. The van der Waals surface area contributed by atoms with Gasteiger partial charge in [-0.1, -0.05) is 12.2 Å². The van der Waals surface area contributed by atoms with Crippen LogP contribution in [0.5, 0.6) is 0 Å². The first-order valence-electron chi connectivity index (χ1n) is 2.71.